The molecule has 3 rings (SSSR count). The summed E-state index contributed by atoms with van der Waals surface area (Å²) in [6, 6.07) is 13.5. The molecule has 24 heavy (non-hydrogen) atoms. The van der Waals surface area contributed by atoms with E-state index in [9.17, 15) is 10.1 Å². The SMILES string of the molecule is CC1(C)CCC(C)(C)c2cc(Sc3ccccc3[N+](=O)[O-])ccc21. The van der Waals surface area contributed by atoms with E-state index in [4.69, 9.17) is 0 Å². The molecule has 0 atom stereocenters. The quantitative estimate of drug-likeness (QED) is 0.501. The zero-order valence-corrected chi connectivity index (χ0v) is 15.4. The Bertz CT molecular complexity index is 796. The summed E-state index contributed by atoms with van der Waals surface area (Å²) in [4.78, 5) is 12.7. The molecule has 0 amide bonds. The average molecular weight is 341 g/mol. The van der Waals surface area contributed by atoms with Crippen LogP contribution in [0.3, 0.4) is 0 Å². The van der Waals surface area contributed by atoms with Gasteiger partial charge in [-0.3, -0.25) is 10.1 Å². The van der Waals surface area contributed by atoms with Crippen LogP contribution in [0.2, 0.25) is 0 Å². The molecule has 0 N–H and O–H groups in total. The smallest absolute Gasteiger partial charge is 0.258 e. The van der Waals surface area contributed by atoms with Crippen molar-refractivity contribution in [2.24, 2.45) is 0 Å². The third-order valence-corrected chi connectivity index (χ3v) is 6.17. The average Bonchev–Trinajstić information content (AvgIpc) is 2.52. The molecule has 2 aromatic carbocycles. The first-order valence-electron chi connectivity index (χ1n) is 8.27. The van der Waals surface area contributed by atoms with Gasteiger partial charge in [0, 0.05) is 11.0 Å². The van der Waals surface area contributed by atoms with Gasteiger partial charge in [0.25, 0.3) is 5.69 Å². The molecule has 0 saturated heterocycles. The highest BCUT2D eigenvalue weighted by atomic mass is 32.2. The van der Waals surface area contributed by atoms with Crippen LogP contribution < -0.4 is 0 Å². The van der Waals surface area contributed by atoms with Crippen molar-refractivity contribution >= 4 is 17.4 Å². The van der Waals surface area contributed by atoms with E-state index in [1.165, 1.54) is 29.3 Å². The van der Waals surface area contributed by atoms with E-state index in [1.807, 2.05) is 12.1 Å². The predicted octanol–water partition coefficient (Wildman–Crippen LogP) is 6.10. The minimum Gasteiger partial charge on any atom is -0.258 e. The standard InChI is InChI=1S/C20H23NO2S/c1-19(2)11-12-20(3,4)16-13-14(9-10-15(16)19)24-18-8-6-5-7-17(18)21(22)23/h5-10,13H,11-12H2,1-4H3. The molecule has 126 valence electrons. The van der Waals surface area contributed by atoms with Crippen LogP contribution in [0.5, 0.6) is 0 Å². The Hall–Kier alpha value is -1.81. The van der Waals surface area contributed by atoms with Crippen molar-refractivity contribution in [2.75, 3.05) is 0 Å². The van der Waals surface area contributed by atoms with E-state index in [1.54, 1.807) is 12.1 Å². The second kappa shape index (κ2) is 5.92. The molecule has 3 nitrogen and oxygen atoms in total. The molecule has 1 aliphatic rings. The van der Waals surface area contributed by atoms with Crippen molar-refractivity contribution in [3.63, 3.8) is 0 Å². The van der Waals surface area contributed by atoms with Crippen molar-refractivity contribution in [1.29, 1.82) is 0 Å². The van der Waals surface area contributed by atoms with Gasteiger partial charge in [0.2, 0.25) is 0 Å². The Morgan fingerprint density at radius 2 is 1.58 bits per heavy atom. The summed E-state index contributed by atoms with van der Waals surface area (Å²) < 4.78 is 0. The monoisotopic (exact) mass is 341 g/mol. The number of nitrogens with zero attached hydrogens (tertiary/aromatic N) is 1. The summed E-state index contributed by atoms with van der Waals surface area (Å²) in [5, 5.41) is 11.2. The molecule has 0 unspecified atom stereocenters. The first-order chi connectivity index (χ1) is 11.2. The zero-order chi connectivity index (χ0) is 17.5. The molecule has 0 radical (unpaired) electrons. The largest absolute Gasteiger partial charge is 0.283 e. The first-order valence-corrected chi connectivity index (χ1v) is 9.09. The third kappa shape index (κ3) is 3.07. The van der Waals surface area contributed by atoms with E-state index >= 15 is 0 Å². The summed E-state index contributed by atoms with van der Waals surface area (Å²) in [7, 11) is 0. The Balaban J connectivity index is 2.02. The predicted molar refractivity (Wildman–Crippen MR) is 98.9 cm³/mol. The molecular formula is C20H23NO2S. The Morgan fingerprint density at radius 3 is 2.25 bits per heavy atom. The molecule has 1 aliphatic carbocycles. The van der Waals surface area contributed by atoms with Crippen molar-refractivity contribution in [3.8, 4) is 0 Å². The second-order valence-corrected chi connectivity index (χ2v) is 8.92. The van der Waals surface area contributed by atoms with Crippen LogP contribution in [-0.2, 0) is 10.8 Å². The summed E-state index contributed by atoms with van der Waals surface area (Å²) in [5.74, 6) is 0. The van der Waals surface area contributed by atoms with Crippen molar-refractivity contribution in [2.45, 2.75) is 61.2 Å². The summed E-state index contributed by atoms with van der Waals surface area (Å²) >= 11 is 1.47. The number of nitro benzene ring substituents is 1. The van der Waals surface area contributed by atoms with Gasteiger partial charge in [-0.15, -0.1) is 0 Å². The lowest BCUT2D eigenvalue weighted by Crippen LogP contribution is -2.33. The van der Waals surface area contributed by atoms with E-state index in [2.05, 4.69) is 45.9 Å². The number of benzene rings is 2. The number of nitro groups is 1. The summed E-state index contributed by atoms with van der Waals surface area (Å²) in [5.41, 5.74) is 3.28. The summed E-state index contributed by atoms with van der Waals surface area (Å²) in [6.45, 7) is 9.19. The van der Waals surface area contributed by atoms with Crippen LogP contribution in [0.25, 0.3) is 0 Å². The molecule has 0 heterocycles. The number of para-hydroxylation sites is 1. The maximum Gasteiger partial charge on any atom is 0.283 e. The molecule has 0 bridgehead atoms. The lowest BCUT2D eigenvalue weighted by molar-refractivity contribution is -0.387. The van der Waals surface area contributed by atoms with Crippen LogP contribution in [0, 0.1) is 10.1 Å². The van der Waals surface area contributed by atoms with Crippen LogP contribution in [0.15, 0.2) is 52.3 Å². The number of rotatable bonds is 3. The molecule has 4 heteroatoms. The zero-order valence-electron chi connectivity index (χ0n) is 14.6. The fraction of sp³-hybridized carbons (Fsp3) is 0.400. The molecule has 0 saturated carbocycles. The highest BCUT2D eigenvalue weighted by Gasteiger charge is 2.37. The van der Waals surface area contributed by atoms with Crippen molar-refractivity contribution < 1.29 is 4.92 Å². The van der Waals surface area contributed by atoms with Gasteiger partial charge in [-0.25, -0.2) is 0 Å². The van der Waals surface area contributed by atoms with Gasteiger partial charge in [0.05, 0.1) is 9.82 Å². The number of hydrogen-bond acceptors (Lipinski definition) is 3. The van der Waals surface area contributed by atoms with Crippen LogP contribution in [0.4, 0.5) is 5.69 Å². The molecule has 0 aromatic heterocycles. The van der Waals surface area contributed by atoms with Gasteiger partial charge in [0.1, 0.15) is 0 Å². The highest BCUT2D eigenvalue weighted by Crippen LogP contribution is 2.47. The number of fused-ring (bicyclic) bond motifs is 1. The van der Waals surface area contributed by atoms with Gasteiger partial charge in [-0.05, 0) is 53.0 Å². The van der Waals surface area contributed by atoms with Crippen molar-refractivity contribution in [1.82, 2.24) is 0 Å². The molecule has 2 aromatic rings. The Morgan fingerprint density at radius 1 is 0.958 bits per heavy atom. The fourth-order valence-corrected chi connectivity index (χ4v) is 4.41. The van der Waals surface area contributed by atoms with E-state index in [0.717, 1.165) is 11.3 Å². The van der Waals surface area contributed by atoms with Crippen LogP contribution in [0.1, 0.15) is 51.7 Å². The van der Waals surface area contributed by atoms with Gasteiger partial charge in [-0.1, -0.05) is 57.7 Å². The summed E-state index contributed by atoms with van der Waals surface area (Å²) in [6.07, 6.45) is 2.34. The fourth-order valence-electron chi connectivity index (χ4n) is 3.45. The second-order valence-electron chi connectivity index (χ2n) is 7.80. The van der Waals surface area contributed by atoms with Gasteiger partial charge >= 0.3 is 0 Å². The molecular weight excluding hydrogens is 318 g/mol. The first kappa shape index (κ1) is 17.0. The van der Waals surface area contributed by atoms with Gasteiger partial charge in [0.15, 0.2) is 0 Å². The Kier molecular flexibility index (Phi) is 4.20. The maximum absolute atomic E-state index is 11.2. The Labute approximate surface area is 147 Å². The van der Waals surface area contributed by atoms with Crippen LogP contribution >= 0.6 is 11.8 Å². The van der Waals surface area contributed by atoms with Gasteiger partial charge < -0.3 is 0 Å². The lowest BCUT2D eigenvalue weighted by Gasteiger charge is -2.42. The molecule has 0 aliphatic heterocycles. The third-order valence-electron chi connectivity index (χ3n) is 5.11. The minimum atomic E-state index is -0.312. The topological polar surface area (TPSA) is 43.1 Å². The molecule has 0 fully saturated rings. The van der Waals surface area contributed by atoms with E-state index in [0.29, 0.717) is 4.90 Å². The highest BCUT2D eigenvalue weighted by molar-refractivity contribution is 7.99. The van der Waals surface area contributed by atoms with E-state index < -0.39 is 0 Å². The van der Waals surface area contributed by atoms with Crippen molar-refractivity contribution in [3.05, 3.63) is 63.7 Å². The van der Waals surface area contributed by atoms with Gasteiger partial charge in [-0.2, -0.15) is 0 Å². The molecule has 0 spiro atoms. The lowest BCUT2D eigenvalue weighted by atomic mass is 9.63. The van der Waals surface area contributed by atoms with Crippen LogP contribution in [-0.4, -0.2) is 4.92 Å². The number of hydrogen-bond donors (Lipinski definition) is 0. The maximum atomic E-state index is 11.2. The minimum absolute atomic E-state index is 0.143. The normalized spacial score (nSPS) is 18.0. The van der Waals surface area contributed by atoms with E-state index in [-0.39, 0.29) is 21.4 Å².